The Morgan fingerprint density at radius 2 is 2.14 bits per heavy atom. The first-order valence-electron chi connectivity index (χ1n) is 9.16. The van der Waals surface area contributed by atoms with Crippen molar-refractivity contribution in [3.8, 4) is 0 Å². The van der Waals surface area contributed by atoms with Crippen LogP contribution in [0.2, 0.25) is 0 Å². The summed E-state index contributed by atoms with van der Waals surface area (Å²) in [4.78, 5) is 7.25. The lowest BCUT2D eigenvalue weighted by atomic mass is 9.97. The molecule has 0 bridgehead atoms. The zero-order valence-corrected chi connectivity index (χ0v) is 14.4. The molecule has 1 aliphatic heterocycles. The zero-order valence-electron chi connectivity index (χ0n) is 14.4. The van der Waals surface area contributed by atoms with Gasteiger partial charge in [-0.2, -0.15) is 0 Å². The van der Waals surface area contributed by atoms with Crippen molar-refractivity contribution in [2.24, 2.45) is 4.99 Å². The number of ether oxygens (including phenoxy) is 1. The van der Waals surface area contributed by atoms with E-state index in [9.17, 15) is 0 Å². The van der Waals surface area contributed by atoms with Crippen LogP contribution in [0.15, 0.2) is 16.6 Å². The molecule has 4 heteroatoms. The molecule has 0 amide bonds. The highest BCUT2D eigenvalue weighted by Gasteiger charge is 2.21. The van der Waals surface area contributed by atoms with Crippen molar-refractivity contribution < 1.29 is 4.74 Å². The Hall–Kier alpha value is -1.03. The van der Waals surface area contributed by atoms with Crippen LogP contribution in [0.3, 0.4) is 0 Å². The molecule has 0 radical (unpaired) electrons. The second-order valence-corrected chi connectivity index (χ2v) is 6.24. The first-order chi connectivity index (χ1) is 10.8. The molecule has 0 aromatic rings. The molecule has 126 valence electrons. The summed E-state index contributed by atoms with van der Waals surface area (Å²) in [6, 6.07) is 0. The van der Waals surface area contributed by atoms with E-state index in [2.05, 4.69) is 30.1 Å². The Bertz CT molecular complexity index is 371. The van der Waals surface area contributed by atoms with Crippen molar-refractivity contribution in [3.63, 3.8) is 0 Å². The van der Waals surface area contributed by atoms with E-state index in [0.717, 1.165) is 58.0 Å². The maximum Gasteiger partial charge on any atom is 0.193 e. The average molecular weight is 307 g/mol. The Labute approximate surface area is 136 Å². The number of nitrogens with zero attached hydrogens (tertiary/aromatic N) is 2. The SMILES string of the molecule is CCNC(=NCCC1=CCCCC1)N1CCC(OCC)CC1. The number of aliphatic imine (C=N–C) groups is 1. The summed E-state index contributed by atoms with van der Waals surface area (Å²) in [5.41, 5.74) is 1.61. The number of hydrogen-bond acceptors (Lipinski definition) is 2. The van der Waals surface area contributed by atoms with E-state index in [1.54, 1.807) is 5.57 Å². The maximum absolute atomic E-state index is 5.74. The third-order valence-corrected chi connectivity index (χ3v) is 4.56. The largest absolute Gasteiger partial charge is 0.378 e. The van der Waals surface area contributed by atoms with Gasteiger partial charge in [0.25, 0.3) is 0 Å². The van der Waals surface area contributed by atoms with Gasteiger partial charge in [-0.3, -0.25) is 4.99 Å². The van der Waals surface area contributed by atoms with E-state index in [-0.39, 0.29) is 0 Å². The van der Waals surface area contributed by atoms with Crippen LogP contribution in [0.5, 0.6) is 0 Å². The molecule has 1 heterocycles. The third kappa shape index (κ3) is 5.64. The minimum atomic E-state index is 0.441. The first-order valence-corrected chi connectivity index (χ1v) is 9.16. The molecule has 1 saturated heterocycles. The predicted molar refractivity (Wildman–Crippen MR) is 93.4 cm³/mol. The van der Waals surface area contributed by atoms with Gasteiger partial charge in [0.15, 0.2) is 5.96 Å². The van der Waals surface area contributed by atoms with Crippen LogP contribution in [0.25, 0.3) is 0 Å². The van der Waals surface area contributed by atoms with Crippen molar-refractivity contribution in [2.75, 3.05) is 32.8 Å². The van der Waals surface area contributed by atoms with Crippen molar-refractivity contribution in [1.29, 1.82) is 0 Å². The van der Waals surface area contributed by atoms with Crippen LogP contribution in [-0.4, -0.2) is 49.7 Å². The molecule has 0 aromatic carbocycles. The summed E-state index contributed by atoms with van der Waals surface area (Å²) >= 11 is 0. The molecule has 1 N–H and O–H groups in total. The van der Waals surface area contributed by atoms with E-state index >= 15 is 0 Å². The number of allylic oxidation sites excluding steroid dienone is 1. The molecule has 0 spiro atoms. The zero-order chi connectivity index (χ0) is 15.6. The molecule has 2 rings (SSSR count). The third-order valence-electron chi connectivity index (χ3n) is 4.56. The standard InChI is InChI=1S/C18H33N3O/c1-3-19-18(20-13-10-16-8-6-5-7-9-16)21-14-11-17(12-15-21)22-4-2/h8,17H,3-7,9-15H2,1-2H3,(H,19,20). The fourth-order valence-electron chi connectivity index (χ4n) is 3.33. The monoisotopic (exact) mass is 307 g/mol. The van der Waals surface area contributed by atoms with Gasteiger partial charge in [-0.25, -0.2) is 0 Å². The molecule has 0 unspecified atom stereocenters. The van der Waals surface area contributed by atoms with E-state index < -0.39 is 0 Å². The molecule has 0 aromatic heterocycles. The predicted octanol–water partition coefficient (Wildman–Crippen LogP) is 3.34. The number of piperidine rings is 1. The van der Waals surface area contributed by atoms with Crippen LogP contribution < -0.4 is 5.32 Å². The van der Waals surface area contributed by atoms with Gasteiger partial charge in [0.2, 0.25) is 0 Å². The Morgan fingerprint density at radius 3 is 2.77 bits per heavy atom. The Morgan fingerprint density at radius 1 is 1.32 bits per heavy atom. The highest BCUT2D eigenvalue weighted by atomic mass is 16.5. The maximum atomic E-state index is 5.74. The number of nitrogens with one attached hydrogen (secondary N) is 1. The molecule has 1 fully saturated rings. The van der Waals surface area contributed by atoms with Gasteiger partial charge in [-0.05, 0) is 58.8 Å². The summed E-state index contributed by atoms with van der Waals surface area (Å²) in [6.07, 6.45) is 11.5. The molecular formula is C18H33N3O. The minimum absolute atomic E-state index is 0.441. The van der Waals surface area contributed by atoms with E-state index in [1.807, 2.05) is 0 Å². The molecule has 2 aliphatic rings. The Balaban J connectivity index is 1.81. The minimum Gasteiger partial charge on any atom is -0.378 e. The van der Waals surface area contributed by atoms with Crippen molar-refractivity contribution in [2.45, 2.75) is 64.9 Å². The van der Waals surface area contributed by atoms with Gasteiger partial charge in [0.05, 0.1) is 6.10 Å². The highest BCUT2D eigenvalue weighted by Crippen LogP contribution is 2.20. The quantitative estimate of drug-likeness (QED) is 0.464. The fraction of sp³-hybridized carbons (Fsp3) is 0.833. The number of likely N-dealkylation sites (tertiary alicyclic amines) is 1. The molecule has 0 saturated carbocycles. The van der Waals surface area contributed by atoms with E-state index in [4.69, 9.17) is 9.73 Å². The van der Waals surface area contributed by atoms with Crippen LogP contribution in [0.1, 0.15) is 58.8 Å². The summed E-state index contributed by atoms with van der Waals surface area (Å²) in [5.74, 6) is 1.09. The lowest BCUT2D eigenvalue weighted by Crippen LogP contribution is -2.47. The molecule has 22 heavy (non-hydrogen) atoms. The van der Waals surface area contributed by atoms with Crippen molar-refractivity contribution >= 4 is 5.96 Å². The van der Waals surface area contributed by atoms with Crippen LogP contribution in [0.4, 0.5) is 0 Å². The number of rotatable bonds is 6. The lowest BCUT2D eigenvalue weighted by Gasteiger charge is -2.34. The number of guanidine groups is 1. The normalized spacial score (nSPS) is 20.9. The first kappa shape index (κ1) is 17.3. The van der Waals surface area contributed by atoms with E-state index in [0.29, 0.717) is 6.10 Å². The topological polar surface area (TPSA) is 36.9 Å². The summed E-state index contributed by atoms with van der Waals surface area (Å²) < 4.78 is 5.74. The second-order valence-electron chi connectivity index (χ2n) is 6.24. The van der Waals surface area contributed by atoms with Gasteiger partial charge in [0, 0.05) is 32.8 Å². The summed E-state index contributed by atoms with van der Waals surface area (Å²) in [5, 5.41) is 3.45. The smallest absolute Gasteiger partial charge is 0.193 e. The van der Waals surface area contributed by atoms with Crippen molar-refractivity contribution in [1.82, 2.24) is 10.2 Å². The van der Waals surface area contributed by atoms with Crippen molar-refractivity contribution in [3.05, 3.63) is 11.6 Å². The molecule has 1 aliphatic carbocycles. The van der Waals surface area contributed by atoms with Crippen LogP contribution >= 0.6 is 0 Å². The van der Waals surface area contributed by atoms with Gasteiger partial charge < -0.3 is 15.0 Å². The van der Waals surface area contributed by atoms with Crippen LogP contribution in [-0.2, 0) is 4.74 Å². The number of hydrogen-bond donors (Lipinski definition) is 1. The second kappa shape index (κ2) is 9.88. The molecule has 4 nitrogen and oxygen atoms in total. The summed E-state index contributed by atoms with van der Waals surface area (Å²) in [6.45, 7) is 9.02. The van der Waals surface area contributed by atoms with Gasteiger partial charge in [0.1, 0.15) is 0 Å². The van der Waals surface area contributed by atoms with Gasteiger partial charge >= 0.3 is 0 Å². The molecule has 0 atom stereocenters. The average Bonchev–Trinajstić information content (AvgIpc) is 2.56. The molecular weight excluding hydrogens is 274 g/mol. The summed E-state index contributed by atoms with van der Waals surface area (Å²) in [7, 11) is 0. The van der Waals surface area contributed by atoms with E-state index in [1.165, 1.54) is 25.7 Å². The Kier molecular flexibility index (Phi) is 7.78. The van der Waals surface area contributed by atoms with Gasteiger partial charge in [-0.1, -0.05) is 11.6 Å². The van der Waals surface area contributed by atoms with Gasteiger partial charge in [-0.15, -0.1) is 0 Å². The van der Waals surface area contributed by atoms with Crippen LogP contribution in [0, 0.1) is 0 Å². The highest BCUT2D eigenvalue weighted by molar-refractivity contribution is 5.80. The lowest BCUT2D eigenvalue weighted by molar-refractivity contribution is 0.0264. The fourth-order valence-corrected chi connectivity index (χ4v) is 3.33.